The first-order valence-corrected chi connectivity index (χ1v) is 9.49. The molecule has 1 aliphatic heterocycles. The van der Waals surface area contributed by atoms with Gasteiger partial charge < -0.3 is 9.72 Å². The highest BCUT2D eigenvalue weighted by molar-refractivity contribution is 5.79. The summed E-state index contributed by atoms with van der Waals surface area (Å²) in [6.07, 6.45) is 6.59. The second-order valence-electron chi connectivity index (χ2n) is 7.33. The summed E-state index contributed by atoms with van der Waals surface area (Å²) in [5, 5.41) is 5.95. The van der Waals surface area contributed by atoms with Crippen LogP contribution in [-0.4, -0.2) is 50.8 Å². The minimum Gasteiger partial charge on any atom is -0.380 e. The largest absolute Gasteiger partial charge is 0.380 e. The van der Waals surface area contributed by atoms with Gasteiger partial charge in [0.15, 0.2) is 5.65 Å². The maximum atomic E-state index is 5.88. The molecular weight excluding hydrogens is 338 g/mol. The summed E-state index contributed by atoms with van der Waals surface area (Å²) in [6, 6.07) is 12.9. The SMILES string of the molecule is c1cn2nc(CC3COCCN(Cc4ccc5[nH]ccc5c4)C3)ccc2n1. The van der Waals surface area contributed by atoms with Crippen LogP contribution in [0.3, 0.4) is 0 Å². The fourth-order valence-corrected chi connectivity index (χ4v) is 3.94. The van der Waals surface area contributed by atoms with E-state index in [0.717, 1.165) is 50.6 Å². The van der Waals surface area contributed by atoms with Gasteiger partial charge in [0.05, 0.1) is 18.9 Å². The molecule has 1 fully saturated rings. The van der Waals surface area contributed by atoms with Gasteiger partial charge in [0.1, 0.15) is 0 Å². The van der Waals surface area contributed by atoms with Crippen molar-refractivity contribution in [2.24, 2.45) is 5.92 Å². The van der Waals surface area contributed by atoms with E-state index < -0.39 is 0 Å². The molecule has 0 saturated carbocycles. The van der Waals surface area contributed by atoms with Gasteiger partial charge in [-0.15, -0.1) is 0 Å². The number of rotatable bonds is 4. The van der Waals surface area contributed by atoms with Crippen molar-refractivity contribution in [1.82, 2.24) is 24.5 Å². The first kappa shape index (κ1) is 16.5. The zero-order valence-electron chi connectivity index (χ0n) is 15.2. The first-order valence-electron chi connectivity index (χ1n) is 9.49. The van der Waals surface area contributed by atoms with Crippen LogP contribution in [0.5, 0.6) is 0 Å². The fourth-order valence-electron chi connectivity index (χ4n) is 3.94. The Kier molecular flexibility index (Phi) is 4.35. The van der Waals surface area contributed by atoms with Crippen LogP contribution < -0.4 is 0 Å². The van der Waals surface area contributed by atoms with Crippen molar-refractivity contribution >= 4 is 16.6 Å². The number of fused-ring (bicyclic) bond motifs is 2. The van der Waals surface area contributed by atoms with Crippen LogP contribution in [0.1, 0.15) is 11.3 Å². The first-order chi connectivity index (χ1) is 13.3. The molecule has 0 amide bonds. The van der Waals surface area contributed by atoms with Crippen LogP contribution in [-0.2, 0) is 17.7 Å². The van der Waals surface area contributed by atoms with Crippen molar-refractivity contribution in [1.29, 1.82) is 0 Å². The molecule has 6 heteroatoms. The Morgan fingerprint density at radius 1 is 1.19 bits per heavy atom. The summed E-state index contributed by atoms with van der Waals surface area (Å²) in [5.41, 5.74) is 4.51. The molecule has 4 aromatic rings. The van der Waals surface area contributed by atoms with Gasteiger partial charge in [0.2, 0.25) is 0 Å². The summed E-state index contributed by atoms with van der Waals surface area (Å²) in [6.45, 7) is 4.52. The third-order valence-corrected chi connectivity index (χ3v) is 5.25. The number of nitrogens with one attached hydrogen (secondary N) is 1. The Balaban J connectivity index is 1.29. The molecule has 3 aromatic heterocycles. The van der Waals surface area contributed by atoms with E-state index in [2.05, 4.69) is 50.3 Å². The molecule has 0 radical (unpaired) electrons. The van der Waals surface area contributed by atoms with Gasteiger partial charge in [-0.3, -0.25) is 4.90 Å². The monoisotopic (exact) mass is 361 g/mol. The van der Waals surface area contributed by atoms with Crippen molar-refractivity contribution < 1.29 is 4.74 Å². The van der Waals surface area contributed by atoms with Gasteiger partial charge >= 0.3 is 0 Å². The second-order valence-corrected chi connectivity index (χ2v) is 7.33. The molecule has 0 aliphatic carbocycles. The molecular formula is C21H23N5O. The molecule has 1 N–H and O–H groups in total. The fraction of sp³-hybridized carbons (Fsp3) is 0.333. The minimum atomic E-state index is 0.442. The van der Waals surface area contributed by atoms with Crippen molar-refractivity contribution in [2.45, 2.75) is 13.0 Å². The molecule has 1 saturated heterocycles. The number of nitrogens with zero attached hydrogens (tertiary/aromatic N) is 4. The summed E-state index contributed by atoms with van der Waals surface area (Å²) >= 11 is 0. The van der Waals surface area contributed by atoms with Crippen molar-refractivity contribution in [3.63, 3.8) is 0 Å². The summed E-state index contributed by atoms with van der Waals surface area (Å²) in [4.78, 5) is 10.0. The van der Waals surface area contributed by atoms with E-state index >= 15 is 0 Å². The van der Waals surface area contributed by atoms with E-state index in [1.165, 1.54) is 16.5 Å². The molecule has 5 rings (SSSR count). The Hall–Kier alpha value is -2.70. The summed E-state index contributed by atoms with van der Waals surface area (Å²) in [7, 11) is 0. The van der Waals surface area contributed by atoms with E-state index in [9.17, 15) is 0 Å². The van der Waals surface area contributed by atoms with E-state index in [-0.39, 0.29) is 0 Å². The number of aromatic amines is 1. The Labute approximate surface area is 157 Å². The number of hydrogen-bond acceptors (Lipinski definition) is 4. The van der Waals surface area contributed by atoms with E-state index in [1.807, 2.05) is 23.0 Å². The third kappa shape index (κ3) is 3.59. The number of aromatic nitrogens is 4. The molecule has 0 bridgehead atoms. The van der Waals surface area contributed by atoms with Gasteiger partial charge in [0, 0.05) is 49.7 Å². The third-order valence-electron chi connectivity index (χ3n) is 5.25. The molecule has 4 heterocycles. The molecule has 1 atom stereocenters. The highest BCUT2D eigenvalue weighted by Gasteiger charge is 2.20. The molecule has 27 heavy (non-hydrogen) atoms. The standard InChI is InChI=1S/C21H23N5O/c1-3-20-18(5-6-22-20)11-16(1)13-25-9-10-27-15-17(14-25)12-19-2-4-21-23-7-8-26(21)24-19/h1-8,11,17,22H,9-10,12-15H2. The maximum absolute atomic E-state index is 5.88. The van der Waals surface area contributed by atoms with Crippen LogP contribution >= 0.6 is 0 Å². The van der Waals surface area contributed by atoms with Crippen molar-refractivity contribution in [2.75, 3.05) is 26.3 Å². The smallest absolute Gasteiger partial charge is 0.153 e. The van der Waals surface area contributed by atoms with E-state index in [1.54, 1.807) is 6.20 Å². The van der Waals surface area contributed by atoms with Gasteiger partial charge in [-0.25, -0.2) is 9.50 Å². The number of imidazole rings is 1. The maximum Gasteiger partial charge on any atom is 0.153 e. The average molecular weight is 361 g/mol. The van der Waals surface area contributed by atoms with Crippen molar-refractivity contribution in [3.8, 4) is 0 Å². The van der Waals surface area contributed by atoms with Gasteiger partial charge in [0.25, 0.3) is 0 Å². The molecule has 6 nitrogen and oxygen atoms in total. The Bertz CT molecular complexity index is 969. The molecule has 0 spiro atoms. The molecule has 138 valence electrons. The van der Waals surface area contributed by atoms with Gasteiger partial charge in [-0.1, -0.05) is 6.07 Å². The number of hydrogen-bond donors (Lipinski definition) is 1. The van der Waals surface area contributed by atoms with Crippen LogP contribution in [0.4, 0.5) is 0 Å². The molecule has 1 aliphatic rings. The molecule has 1 unspecified atom stereocenters. The van der Waals surface area contributed by atoms with E-state index in [0.29, 0.717) is 5.92 Å². The summed E-state index contributed by atoms with van der Waals surface area (Å²) in [5.74, 6) is 0.442. The second kappa shape index (κ2) is 7.13. The lowest BCUT2D eigenvalue weighted by Gasteiger charge is -2.23. The van der Waals surface area contributed by atoms with E-state index in [4.69, 9.17) is 4.74 Å². The van der Waals surface area contributed by atoms with Crippen LogP contribution in [0.2, 0.25) is 0 Å². The highest BCUT2D eigenvalue weighted by Crippen LogP contribution is 2.18. The summed E-state index contributed by atoms with van der Waals surface area (Å²) < 4.78 is 7.73. The normalized spacial score (nSPS) is 18.9. The average Bonchev–Trinajstić information content (AvgIpc) is 3.27. The number of benzene rings is 1. The lowest BCUT2D eigenvalue weighted by Crippen LogP contribution is -2.30. The van der Waals surface area contributed by atoms with Crippen LogP contribution in [0.15, 0.2) is 55.0 Å². The Morgan fingerprint density at radius 2 is 2.19 bits per heavy atom. The zero-order chi connectivity index (χ0) is 18.1. The topological polar surface area (TPSA) is 58.5 Å². The number of ether oxygens (including phenoxy) is 1. The minimum absolute atomic E-state index is 0.442. The van der Waals surface area contributed by atoms with Crippen LogP contribution in [0.25, 0.3) is 16.6 Å². The lowest BCUT2D eigenvalue weighted by molar-refractivity contribution is 0.121. The highest BCUT2D eigenvalue weighted by atomic mass is 16.5. The van der Waals surface area contributed by atoms with Crippen LogP contribution in [0, 0.1) is 5.92 Å². The predicted octanol–water partition coefficient (Wildman–Crippen LogP) is 2.90. The Morgan fingerprint density at radius 3 is 3.19 bits per heavy atom. The van der Waals surface area contributed by atoms with Gasteiger partial charge in [-0.2, -0.15) is 5.10 Å². The van der Waals surface area contributed by atoms with Gasteiger partial charge in [-0.05, 0) is 47.7 Å². The molecule has 1 aromatic carbocycles. The predicted molar refractivity (Wildman–Crippen MR) is 105 cm³/mol. The number of H-pyrrole nitrogens is 1. The van der Waals surface area contributed by atoms with Crippen molar-refractivity contribution in [3.05, 3.63) is 66.2 Å². The lowest BCUT2D eigenvalue weighted by atomic mass is 10.0. The quantitative estimate of drug-likeness (QED) is 0.607. The zero-order valence-corrected chi connectivity index (χ0v) is 15.2.